The van der Waals surface area contributed by atoms with Gasteiger partial charge >= 0.3 is 11.8 Å². The monoisotopic (exact) mass is 370 g/mol. The van der Waals surface area contributed by atoms with Crippen LogP contribution in [0.1, 0.15) is 24.4 Å². The number of carbonyl (C=O) groups is 3. The van der Waals surface area contributed by atoms with Gasteiger partial charge in [-0.05, 0) is 18.6 Å². The number of hydrogen-bond acceptors (Lipinski definition) is 5. The number of imide groups is 1. The standard InChI is InChI=1S/C18H18N4O5/c1-19-17(25)27-10-4-6-11-5-3-7-12-15(11)21(2)18(26)22(12)13-8-9-14(23)20-16(13)24/h3,5,7,13H,8-10H2,1-2H3,(H,19,25)(H,20,23,24). The van der Waals surface area contributed by atoms with Crippen LogP contribution in [0.25, 0.3) is 11.0 Å². The number of carbonyl (C=O) groups excluding carboxylic acids is 3. The molecule has 1 aliphatic heterocycles. The Hall–Kier alpha value is -3.54. The summed E-state index contributed by atoms with van der Waals surface area (Å²) < 4.78 is 7.63. The highest BCUT2D eigenvalue weighted by molar-refractivity contribution is 6.00. The third-order valence-corrected chi connectivity index (χ3v) is 4.33. The number of rotatable bonds is 2. The summed E-state index contributed by atoms with van der Waals surface area (Å²) in [5.41, 5.74) is 1.32. The third kappa shape index (κ3) is 3.42. The molecule has 1 aromatic heterocycles. The van der Waals surface area contributed by atoms with Crippen molar-refractivity contribution in [3.63, 3.8) is 0 Å². The lowest BCUT2D eigenvalue weighted by Crippen LogP contribution is -2.44. The van der Waals surface area contributed by atoms with Gasteiger partial charge in [-0.3, -0.25) is 24.0 Å². The van der Waals surface area contributed by atoms with Crippen molar-refractivity contribution in [1.29, 1.82) is 0 Å². The average molecular weight is 370 g/mol. The maximum atomic E-state index is 12.8. The number of aryl methyl sites for hydroxylation is 1. The van der Waals surface area contributed by atoms with E-state index in [4.69, 9.17) is 4.74 Å². The molecule has 27 heavy (non-hydrogen) atoms. The van der Waals surface area contributed by atoms with Crippen molar-refractivity contribution in [3.8, 4) is 11.8 Å². The highest BCUT2D eigenvalue weighted by atomic mass is 16.5. The maximum Gasteiger partial charge on any atom is 0.407 e. The van der Waals surface area contributed by atoms with Crippen molar-refractivity contribution in [2.45, 2.75) is 18.9 Å². The second-order valence-electron chi connectivity index (χ2n) is 5.98. The molecule has 9 nitrogen and oxygen atoms in total. The maximum absolute atomic E-state index is 12.8. The Labute approximate surface area is 154 Å². The van der Waals surface area contributed by atoms with E-state index in [1.54, 1.807) is 25.2 Å². The summed E-state index contributed by atoms with van der Waals surface area (Å²) in [5, 5.41) is 4.59. The SMILES string of the molecule is CNC(=O)OCC#Cc1cccc2c1n(C)c(=O)n2C1CCC(=O)NC1=O. The molecule has 3 amide bonds. The number of para-hydroxylation sites is 1. The van der Waals surface area contributed by atoms with Gasteiger partial charge in [0.1, 0.15) is 6.04 Å². The van der Waals surface area contributed by atoms with Crippen molar-refractivity contribution in [3.05, 3.63) is 34.2 Å². The Morgan fingerprint density at radius 2 is 2.15 bits per heavy atom. The summed E-state index contributed by atoms with van der Waals surface area (Å²) >= 11 is 0. The summed E-state index contributed by atoms with van der Waals surface area (Å²) in [7, 11) is 3.04. The lowest BCUT2D eigenvalue weighted by Gasteiger charge is -2.21. The van der Waals surface area contributed by atoms with Crippen molar-refractivity contribution >= 4 is 28.9 Å². The summed E-state index contributed by atoms with van der Waals surface area (Å²) in [6.45, 7) is -0.0993. The van der Waals surface area contributed by atoms with Crippen LogP contribution in [0.3, 0.4) is 0 Å². The fraction of sp³-hybridized carbons (Fsp3) is 0.333. The Bertz CT molecular complexity index is 1050. The molecule has 140 valence electrons. The van der Waals surface area contributed by atoms with Gasteiger partial charge in [0.15, 0.2) is 6.61 Å². The quantitative estimate of drug-likeness (QED) is 0.572. The average Bonchev–Trinajstić information content (AvgIpc) is 2.90. The minimum absolute atomic E-state index is 0.0993. The van der Waals surface area contributed by atoms with E-state index >= 15 is 0 Å². The zero-order valence-corrected chi connectivity index (χ0v) is 14.9. The predicted molar refractivity (Wildman–Crippen MR) is 95.9 cm³/mol. The molecule has 0 aliphatic carbocycles. The molecule has 0 bridgehead atoms. The van der Waals surface area contributed by atoms with E-state index in [1.165, 1.54) is 16.2 Å². The number of amides is 3. The van der Waals surface area contributed by atoms with Gasteiger partial charge in [-0.25, -0.2) is 9.59 Å². The molecule has 0 radical (unpaired) electrons. The van der Waals surface area contributed by atoms with Crippen molar-refractivity contribution in [2.24, 2.45) is 7.05 Å². The Balaban J connectivity index is 2.02. The molecule has 1 aromatic carbocycles. The zero-order valence-electron chi connectivity index (χ0n) is 14.9. The third-order valence-electron chi connectivity index (χ3n) is 4.33. The molecule has 1 aliphatic rings. The Kier molecular flexibility index (Phi) is 4.98. The summed E-state index contributed by atoms with van der Waals surface area (Å²) in [6, 6.07) is 4.45. The zero-order chi connectivity index (χ0) is 19.6. The normalized spacial score (nSPS) is 16.4. The number of imidazole rings is 1. The van der Waals surface area contributed by atoms with Gasteiger partial charge < -0.3 is 10.1 Å². The van der Waals surface area contributed by atoms with E-state index in [9.17, 15) is 19.2 Å². The highest BCUT2D eigenvalue weighted by Gasteiger charge is 2.31. The largest absolute Gasteiger partial charge is 0.436 e. The van der Waals surface area contributed by atoms with E-state index in [0.717, 1.165) is 0 Å². The highest BCUT2D eigenvalue weighted by Crippen LogP contribution is 2.24. The molecule has 3 rings (SSSR count). The minimum Gasteiger partial charge on any atom is -0.436 e. The van der Waals surface area contributed by atoms with Gasteiger partial charge in [-0.15, -0.1) is 0 Å². The summed E-state index contributed by atoms with van der Waals surface area (Å²) in [4.78, 5) is 47.4. The number of aromatic nitrogens is 2. The first-order chi connectivity index (χ1) is 12.9. The summed E-state index contributed by atoms with van der Waals surface area (Å²) in [6.07, 6.45) is -0.145. The first-order valence-electron chi connectivity index (χ1n) is 8.31. The van der Waals surface area contributed by atoms with Crippen LogP contribution < -0.4 is 16.3 Å². The van der Waals surface area contributed by atoms with Crippen LogP contribution in [0, 0.1) is 11.8 Å². The molecule has 0 saturated carbocycles. The van der Waals surface area contributed by atoms with Crippen LogP contribution in [0.5, 0.6) is 0 Å². The number of hydrogen-bond donors (Lipinski definition) is 2. The van der Waals surface area contributed by atoms with Gasteiger partial charge in [0, 0.05) is 20.5 Å². The molecule has 1 atom stereocenters. The molecule has 2 aromatic rings. The minimum atomic E-state index is -0.751. The Morgan fingerprint density at radius 1 is 1.37 bits per heavy atom. The lowest BCUT2D eigenvalue weighted by atomic mass is 10.1. The van der Waals surface area contributed by atoms with Crippen molar-refractivity contribution < 1.29 is 19.1 Å². The molecule has 9 heteroatoms. The lowest BCUT2D eigenvalue weighted by molar-refractivity contribution is -0.135. The number of ether oxygens (including phenoxy) is 1. The van der Waals surface area contributed by atoms with Gasteiger partial charge in [-0.1, -0.05) is 17.9 Å². The number of piperidine rings is 1. The van der Waals surface area contributed by atoms with E-state index in [1.807, 2.05) is 0 Å². The van der Waals surface area contributed by atoms with Crippen LogP contribution in [0.4, 0.5) is 4.79 Å². The summed E-state index contributed by atoms with van der Waals surface area (Å²) in [5.74, 6) is 4.78. The number of benzene rings is 1. The molecular weight excluding hydrogens is 352 g/mol. The van der Waals surface area contributed by atoms with E-state index < -0.39 is 18.0 Å². The van der Waals surface area contributed by atoms with Crippen LogP contribution in [-0.2, 0) is 21.4 Å². The van der Waals surface area contributed by atoms with Crippen LogP contribution >= 0.6 is 0 Å². The topological polar surface area (TPSA) is 111 Å². The molecule has 1 saturated heterocycles. The first-order valence-corrected chi connectivity index (χ1v) is 8.31. The van der Waals surface area contributed by atoms with Crippen molar-refractivity contribution in [1.82, 2.24) is 19.8 Å². The molecule has 2 heterocycles. The second-order valence-corrected chi connectivity index (χ2v) is 5.98. The van der Waals surface area contributed by atoms with Gasteiger partial charge in [-0.2, -0.15) is 0 Å². The predicted octanol–water partition coefficient (Wildman–Crippen LogP) is 0.0252. The van der Waals surface area contributed by atoms with E-state index in [2.05, 4.69) is 22.5 Å². The molecule has 1 fully saturated rings. The Morgan fingerprint density at radius 3 is 2.85 bits per heavy atom. The van der Waals surface area contributed by atoms with Gasteiger partial charge in [0.2, 0.25) is 11.8 Å². The van der Waals surface area contributed by atoms with E-state index in [-0.39, 0.29) is 31.0 Å². The van der Waals surface area contributed by atoms with Crippen LogP contribution in [0.15, 0.2) is 23.0 Å². The number of fused-ring (bicyclic) bond motifs is 1. The molecule has 1 unspecified atom stereocenters. The number of alkyl carbamates (subject to hydrolysis) is 1. The fourth-order valence-electron chi connectivity index (χ4n) is 3.07. The van der Waals surface area contributed by atoms with Crippen molar-refractivity contribution in [2.75, 3.05) is 13.7 Å². The van der Waals surface area contributed by atoms with Crippen LogP contribution in [0.2, 0.25) is 0 Å². The number of nitrogens with one attached hydrogen (secondary N) is 2. The van der Waals surface area contributed by atoms with Gasteiger partial charge in [0.05, 0.1) is 16.6 Å². The molecular formula is C18H18N4O5. The van der Waals surface area contributed by atoms with Gasteiger partial charge in [0.25, 0.3) is 0 Å². The number of nitrogens with zero attached hydrogens (tertiary/aromatic N) is 2. The molecule has 2 N–H and O–H groups in total. The fourth-order valence-corrected chi connectivity index (χ4v) is 3.07. The molecule has 0 spiro atoms. The smallest absolute Gasteiger partial charge is 0.407 e. The first kappa shape index (κ1) is 18.3. The second kappa shape index (κ2) is 7.37. The van der Waals surface area contributed by atoms with E-state index in [0.29, 0.717) is 16.6 Å². The van der Waals surface area contributed by atoms with Crippen LogP contribution in [-0.4, -0.2) is 40.7 Å².